The van der Waals surface area contributed by atoms with Crippen molar-refractivity contribution in [1.29, 1.82) is 0 Å². The SMILES string of the molecule is CC(C)(C)OC(=O)CN(Cc1ccc(C(=O)O)cc1OCC1CC1)S(=O)[O-]. The van der Waals surface area contributed by atoms with Crippen LogP contribution in [0.15, 0.2) is 18.2 Å². The Bertz CT molecular complexity index is 725. The van der Waals surface area contributed by atoms with Gasteiger partial charge in [0.15, 0.2) is 0 Å². The first-order valence-corrected chi connectivity index (χ1v) is 9.63. The highest BCUT2D eigenvalue weighted by molar-refractivity contribution is 7.76. The summed E-state index contributed by atoms with van der Waals surface area (Å²) in [5.74, 6) is -1.02. The van der Waals surface area contributed by atoms with Gasteiger partial charge in [0.25, 0.3) is 0 Å². The van der Waals surface area contributed by atoms with Crippen molar-refractivity contribution in [2.45, 2.75) is 45.8 Å². The molecule has 0 saturated heterocycles. The molecule has 27 heavy (non-hydrogen) atoms. The molecule has 1 saturated carbocycles. The molecule has 0 amide bonds. The molecule has 0 heterocycles. The van der Waals surface area contributed by atoms with Crippen molar-refractivity contribution in [3.05, 3.63) is 29.3 Å². The molecule has 0 radical (unpaired) electrons. The number of carbonyl (C=O) groups excluding carboxylic acids is 1. The Morgan fingerprint density at radius 2 is 2.00 bits per heavy atom. The third-order valence-electron chi connectivity index (χ3n) is 3.77. The van der Waals surface area contributed by atoms with Gasteiger partial charge < -0.3 is 19.1 Å². The van der Waals surface area contributed by atoms with Crippen LogP contribution in [-0.2, 0) is 27.3 Å². The van der Waals surface area contributed by atoms with Crippen LogP contribution in [0.5, 0.6) is 5.75 Å². The number of carbonyl (C=O) groups is 2. The van der Waals surface area contributed by atoms with Crippen molar-refractivity contribution in [1.82, 2.24) is 4.31 Å². The van der Waals surface area contributed by atoms with Crippen molar-refractivity contribution in [3.8, 4) is 5.75 Å². The topological polar surface area (TPSA) is 116 Å². The zero-order valence-corrected chi connectivity index (χ0v) is 16.4. The summed E-state index contributed by atoms with van der Waals surface area (Å²) in [5, 5.41) is 9.16. The van der Waals surface area contributed by atoms with Crippen molar-refractivity contribution in [2.24, 2.45) is 5.92 Å². The summed E-state index contributed by atoms with van der Waals surface area (Å²) in [6, 6.07) is 4.25. The number of ether oxygens (including phenoxy) is 2. The van der Waals surface area contributed by atoms with Crippen LogP contribution in [0.1, 0.15) is 49.5 Å². The summed E-state index contributed by atoms with van der Waals surface area (Å²) in [5.41, 5.74) is -0.200. The molecule has 9 heteroatoms. The second-order valence-electron chi connectivity index (χ2n) is 7.48. The number of aromatic carboxylic acids is 1. The van der Waals surface area contributed by atoms with Crippen molar-refractivity contribution < 1.29 is 32.9 Å². The first-order valence-electron chi connectivity index (χ1n) is 8.60. The van der Waals surface area contributed by atoms with E-state index in [0.717, 1.165) is 17.1 Å². The maximum Gasteiger partial charge on any atom is 0.335 e. The Balaban J connectivity index is 2.16. The Morgan fingerprint density at radius 3 is 2.52 bits per heavy atom. The number of carboxylic acid groups (broad SMARTS) is 1. The molecule has 1 aliphatic carbocycles. The van der Waals surface area contributed by atoms with Gasteiger partial charge in [-0.25, -0.2) is 9.10 Å². The first kappa shape index (κ1) is 21.3. The van der Waals surface area contributed by atoms with Gasteiger partial charge in [-0.05, 0) is 51.7 Å². The summed E-state index contributed by atoms with van der Waals surface area (Å²) in [6.07, 6.45) is 2.12. The van der Waals surface area contributed by atoms with E-state index < -0.39 is 35.4 Å². The Morgan fingerprint density at radius 1 is 1.33 bits per heavy atom. The van der Waals surface area contributed by atoms with Crippen LogP contribution in [0, 0.1) is 5.92 Å². The number of carboxylic acids is 1. The molecule has 1 aromatic rings. The minimum Gasteiger partial charge on any atom is -0.760 e. The number of nitrogens with zero attached hydrogens (tertiary/aromatic N) is 1. The highest BCUT2D eigenvalue weighted by Crippen LogP contribution is 2.31. The molecule has 1 unspecified atom stereocenters. The van der Waals surface area contributed by atoms with E-state index in [1.165, 1.54) is 18.2 Å². The summed E-state index contributed by atoms with van der Waals surface area (Å²) < 4.78 is 34.9. The average Bonchev–Trinajstić information content (AvgIpc) is 3.35. The average molecular weight is 398 g/mol. The van der Waals surface area contributed by atoms with Gasteiger partial charge in [0.2, 0.25) is 0 Å². The monoisotopic (exact) mass is 398 g/mol. The molecular weight excluding hydrogens is 374 g/mol. The van der Waals surface area contributed by atoms with Crippen LogP contribution in [0.3, 0.4) is 0 Å². The fourth-order valence-corrected chi connectivity index (χ4v) is 2.77. The quantitative estimate of drug-likeness (QED) is 0.500. The normalized spacial score (nSPS) is 15.4. The first-order chi connectivity index (χ1) is 12.5. The van der Waals surface area contributed by atoms with Crippen molar-refractivity contribution >= 4 is 23.2 Å². The summed E-state index contributed by atoms with van der Waals surface area (Å²) >= 11 is -2.66. The lowest BCUT2D eigenvalue weighted by Crippen LogP contribution is -2.35. The zero-order valence-electron chi connectivity index (χ0n) is 15.6. The Hall–Kier alpha value is -1.97. The molecular formula is C18H24NO7S-. The number of esters is 1. The molecule has 150 valence electrons. The maximum atomic E-state index is 12.0. The number of hydrogen-bond donors (Lipinski definition) is 1. The molecule has 1 aromatic carbocycles. The third kappa shape index (κ3) is 7.28. The van der Waals surface area contributed by atoms with Crippen molar-refractivity contribution in [3.63, 3.8) is 0 Å². The minimum absolute atomic E-state index is 0.0477. The van der Waals surface area contributed by atoms with Gasteiger partial charge in [-0.3, -0.25) is 9.00 Å². The standard InChI is InChI=1S/C18H25NO7S/c1-18(2,3)26-16(20)10-19(27(23)24)9-14-7-6-13(17(21)22)8-15(14)25-11-12-4-5-12/h6-8,12H,4-5,9-11H2,1-3H3,(H,21,22)(H,23,24)/p-1. The lowest BCUT2D eigenvalue weighted by molar-refractivity contribution is -0.155. The lowest BCUT2D eigenvalue weighted by Gasteiger charge is -2.26. The highest BCUT2D eigenvalue weighted by atomic mass is 32.2. The summed E-state index contributed by atoms with van der Waals surface area (Å²) in [7, 11) is 0. The molecule has 1 aliphatic rings. The van der Waals surface area contributed by atoms with Crippen LogP contribution in [-0.4, -0.2) is 48.9 Å². The predicted molar refractivity (Wildman–Crippen MR) is 96.8 cm³/mol. The Kier molecular flexibility index (Phi) is 6.96. The zero-order chi connectivity index (χ0) is 20.2. The van der Waals surface area contributed by atoms with Crippen molar-refractivity contribution in [2.75, 3.05) is 13.2 Å². The van der Waals surface area contributed by atoms with E-state index in [0.29, 0.717) is 23.8 Å². The van der Waals surface area contributed by atoms with E-state index in [4.69, 9.17) is 14.6 Å². The second kappa shape index (κ2) is 8.81. The van der Waals surface area contributed by atoms with Crippen LogP contribution in [0.4, 0.5) is 0 Å². The smallest absolute Gasteiger partial charge is 0.335 e. The lowest BCUT2D eigenvalue weighted by atomic mass is 10.1. The van der Waals surface area contributed by atoms with E-state index in [1.807, 2.05) is 0 Å². The second-order valence-corrected chi connectivity index (χ2v) is 8.43. The van der Waals surface area contributed by atoms with Crippen LogP contribution in [0.2, 0.25) is 0 Å². The van der Waals surface area contributed by atoms with Crippen LogP contribution < -0.4 is 4.74 Å². The van der Waals surface area contributed by atoms with Gasteiger partial charge in [0.1, 0.15) is 17.9 Å². The molecule has 0 aliphatic heterocycles. The fraction of sp³-hybridized carbons (Fsp3) is 0.556. The Labute approximate surface area is 160 Å². The van der Waals surface area contributed by atoms with E-state index in [-0.39, 0.29) is 12.1 Å². The largest absolute Gasteiger partial charge is 0.760 e. The van der Waals surface area contributed by atoms with Gasteiger partial charge in [0.05, 0.1) is 12.2 Å². The minimum atomic E-state index is -2.66. The van der Waals surface area contributed by atoms with Crippen LogP contribution in [0.25, 0.3) is 0 Å². The van der Waals surface area contributed by atoms with E-state index in [2.05, 4.69) is 0 Å². The molecule has 1 fully saturated rings. The molecule has 0 spiro atoms. The molecule has 1 atom stereocenters. The number of hydrogen-bond acceptors (Lipinski definition) is 6. The fourth-order valence-electron chi connectivity index (χ4n) is 2.31. The molecule has 2 rings (SSSR count). The van der Waals surface area contributed by atoms with E-state index in [9.17, 15) is 18.4 Å². The van der Waals surface area contributed by atoms with Gasteiger partial charge >= 0.3 is 11.9 Å². The molecule has 0 bridgehead atoms. The number of rotatable bonds is 9. The number of benzene rings is 1. The van der Waals surface area contributed by atoms with Gasteiger partial charge in [-0.2, -0.15) is 0 Å². The van der Waals surface area contributed by atoms with Gasteiger partial charge in [-0.1, -0.05) is 6.07 Å². The molecule has 8 nitrogen and oxygen atoms in total. The molecule has 0 aromatic heterocycles. The molecule has 1 N–H and O–H groups in total. The third-order valence-corrected chi connectivity index (χ3v) is 4.45. The predicted octanol–water partition coefficient (Wildman–Crippen LogP) is 2.11. The maximum absolute atomic E-state index is 12.0. The summed E-state index contributed by atoms with van der Waals surface area (Å²) in [4.78, 5) is 23.2. The summed E-state index contributed by atoms with van der Waals surface area (Å²) in [6.45, 7) is 4.95. The van der Waals surface area contributed by atoms with E-state index in [1.54, 1.807) is 20.8 Å². The highest BCUT2D eigenvalue weighted by Gasteiger charge is 2.24. The van der Waals surface area contributed by atoms with Gasteiger partial charge in [-0.15, -0.1) is 0 Å². The van der Waals surface area contributed by atoms with Crippen LogP contribution >= 0.6 is 0 Å². The van der Waals surface area contributed by atoms with Gasteiger partial charge in [0, 0.05) is 23.4 Å². The van der Waals surface area contributed by atoms with E-state index >= 15 is 0 Å².